The molecule has 0 radical (unpaired) electrons. The average molecular weight is 416 g/mol. The first-order valence-electron chi connectivity index (χ1n) is 8.50. The van der Waals surface area contributed by atoms with Gasteiger partial charge in [-0.25, -0.2) is 9.59 Å². The Morgan fingerprint density at radius 2 is 1.33 bits per heavy atom. The van der Waals surface area contributed by atoms with Crippen LogP contribution >= 0.6 is 0 Å². The van der Waals surface area contributed by atoms with E-state index >= 15 is 0 Å². The van der Waals surface area contributed by atoms with Crippen LogP contribution in [0.25, 0.3) is 0 Å². The topological polar surface area (TPSA) is 105 Å². The molecule has 9 heteroatoms. The van der Waals surface area contributed by atoms with Crippen molar-refractivity contribution < 1.29 is 32.2 Å². The molecule has 0 spiro atoms. The number of carbonyl (C=O) groups excluding carboxylic acids is 2. The Bertz CT molecular complexity index is 1110. The number of halogens is 3. The third-order valence-electron chi connectivity index (χ3n) is 3.91. The molecule has 0 fully saturated rings. The molecule has 0 aliphatic carbocycles. The number of benzene rings is 3. The molecule has 0 atom stereocenters. The van der Waals surface area contributed by atoms with Gasteiger partial charge in [0.1, 0.15) is 17.1 Å². The van der Waals surface area contributed by atoms with Crippen LogP contribution in [0.4, 0.5) is 24.5 Å². The predicted octanol–water partition coefficient (Wildman–Crippen LogP) is 4.31. The van der Waals surface area contributed by atoms with E-state index in [1.165, 1.54) is 36.4 Å². The summed E-state index contributed by atoms with van der Waals surface area (Å²) in [6, 6.07) is 14.2. The first-order valence-corrected chi connectivity index (χ1v) is 8.50. The Morgan fingerprint density at radius 1 is 0.733 bits per heavy atom. The fourth-order valence-electron chi connectivity index (χ4n) is 2.53. The van der Waals surface area contributed by atoms with Crippen LogP contribution in [0.5, 0.6) is 11.5 Å². The summed E-state index contributed by atoms with van der Waals surface area (Å²) in [6.07, 6.45) is -4.77. The lowest BCUT2D eigenvalue weighted by Gasteiger charge is -2.13. The number of alkyl halides is 3. The Morgan fingerprint density at radius 3 is 1.97 bits per heavy atom. The number of hydrogen-bond donors (Lipinski definition) is 2. The molecule has 4 N–H and O–H groups in total. The van der Waals surface area contributed by atoms with Gasteiger partial charge in [0.05, 0.1) is 11.1 Å². The molecule has 154 valence electrons. The smallest absolute Gasteiger partial charge is 0.420 e. The second-order valence-corrected chi connectivity index (χ2v) is 6.19. The lowest BCUT2D eigenvalue weighted by Crippen LogP contribution is -2.15. The molecule has 0 heterocycles. The average Bonchev–Trinajstić information content (AvgIpc) is 2.68. The second-order valence-electron chi connectivity index (χ2n) is 6.19. The van der Waals surface area contributed by atoms with Crippen LogP contribution in [0, 0.1) is 0 Å². The van der Waals surface area contributed by atoms with Gasteiger partial charge < -0.3 is 20.9 Å². The van der Waals surface area contributed by atoms with E-state index in [1.54, 1.807) is 12.1 Å². The zero-order valence-electron chi connectivity index (χ0n) is 15.3. The molecule has 3 rings (SSSR count). The van der Waals surface area contributed by atoms with Crippen molar-refractivity contribution in [3.8, 4) is 11.5 Å². The van der Waals surface area contributed by atoms with Gasteiger partial charge in [-0.05, 0) is 48.5 Å². The normalized spacial score (nSPS) is 11.0. The molecule has 0 aliphatic heterocycles. The quantitative estimate of drug-likeness (QED) is 0.373. The predicted molar refractivity (Wildman–Crippen MR) is 103 cm³/mol. The summed E-state index contributed by atoms with van der Waals surface area (Å²) in [5, 5.41) is 0. The number of carbonyl (C=O) groups is 2. The number of nitrogen functional groups attached to an aromatic ring is 2. The minimum Gasteiger partial charge on any atom is -0.423 e. The van der Waals surface area contributed by atoms with Crippen LogP contribution in [0.2, 0.25) is 0 Å². The van der Waals surface area contributed by atoms with Gasteiger partial charge in [-0.1, -0.05) is 12.1 Å². The second kappa shape index (κ2) is 8.16. The number of rotatable bonds is 4. The zero-order valence-corrected chi connectivity index (χ0v) is 15.3. The Labute approximate surface area is 168 Å². The third-order valence-corrected chi connectivity index (χ3v) is 3.91. The van der Waals surface area contributed by atoms with Crippen molar-refractivity contribution in [2.45, 2.75) is 6.18 Å². The van der Waals surface area contributed by atoms with E-state index in [4.69, 9.17) is 20.9 Å². The molecular formula is C21H15F3N2O4. The highest BCUT2D eigenvalue weighted by molar-refractivity contribution is 5.96. The highest BCUT2D eigenvalue weighted by Crippen LogP contribution is 2.37. The molecule has 3 aromatic rings. The van der Waals surface area contributed by atoms with Crippen molar-refractivity contribution >= 4 is 23.3 Å². The molecule has 30 heavy (non-hydrogen) atoms. The summed E-state index contributed by atoms with van der Waals surface area (Å²) in [5.74, 6) is -2.36. The summed E-state index contributed by atoms with van der Waals surface area (Å²) >= 11 is 0. The number of nitrogens with two attached hydrogens (primary N) is 2. The van der Waals surface area contributed by atoms with Gasteiger partial charge in [-0.15, -0.1) is 0 Å². The van der Waals surface area contributed by atoms with Gasteiger partial charge >= 0.3 is 18.1 Å². The molecule has 3 aromatic carbocycles. The lowest BCUT2D eigenvalue weighted by molar-refractivity contribution is -0.138. The van der Waals surface area contributed by atoms with Crippen LogP contribution in [0.3, 0.4) is 0 Å². The Balaban J connectivity index is 1.81. The van der Waals surface area contributed by atoms with E-state index in [9.17, 15) is 22.8 Å². The highest BCUT2D eigenvalue weighted by atomic mass is 19.4. The molecule has 0 aliphatic rings. The number of esters is 2. The largest absolute Gasteiger partial charge is 0.423 e. The van der Waals surface area contributed by atoms with Gasteiger partial charge in [-0.3, -0.25) is 0 Å². The number of hydrogen-bond acceptors (Lipinski definition) is 6. The van der Waals surface area contributed by atoms with Gasteiger partial charge in [-0.2, -0.15) is 13.2 Å². The van der Waals surface area contributed by atoms with E-state index in [2.05, 4.69) is 0 Å². The lowest BCUT2D eigenvalue weighted by atomic mass is 10.1. The molecule has 0 unspecified atom stereocenters. The molecular weight excluding hydrogens is 401 g/mol. The van der Waals surface area contributed by atoms with Gasteiger partial charge in [0.25, 0.3) is 0 Å². The third kappa shape index (κ3) is 4.88. The van der Waals surface area contributed by atoms with Crippen molar-refractivity contribution in [1.29, 1.82) is 0 Å². The Hall–Kier alpha value is -4.01. The summed E-state index contributed by atoms with van der Waals surface area (Å²) in [6.45, 7) is 0. The first-order chi connectivity index (χ1) is 14.1. The number of ether oxygens (including phenoxy) is 2. The maximum atomic E-state index is 13.2. The van der Waals surface area contributed by atoms with Gasteiger partial charge in [0, 0.05) is 17.4 Å². The Kier molecular flexibility index (Phi) is 5.63. The van der Waals surface area contributed by atoms with Crippen molar-refractivity contribution in [3.63, 3.8) is 0 Å². The molecule has 0 aromatic heterocycles. The molecule has 6 nitrogen and oxygen atoms in total. The standard InChI is InChI=1S/C21H15F3N2O4/c22-21(23,24)17-11-15(26)7-8-18(17)30-20(28)13-4-1-3-12(9-13)19(27)29-16-6-2-5-14(25)10-16/h1-11H,25-26H2. The monoisotopic (exact) mass is 416 g/mol. The van der Waals surface area contributed by atoms with E-state index in [-0.39, 0.29) is 22.6 Å². The maximum Gasteiger partial charge on any atom is 0.420 e. The van der Waals surface area contributed by atoms with E-state index in [0.717, 1.165) is 12.1 Å². The molecule has 0 saturated heterocycles. The summed E-state index contributed by atoms with van der Waals surface area (Å²) < 4.78 is 49.6. The van der Waals surface area contributed by atoms with E-state index in [1.807, 2.05) is 0 Å². The SMILES string of the molecule is Nc1cccc(OC(=O)c2cccc(C(=O)Oc3ccc(N)cc3C(F)(F)F)c2)c1. The summed E-state index contributed by atoms with van der Waals surface area (Å²) in [4.78, 5) is 24.7. The van der Waals surface area contributed by atoms with Crippen molar-refractivity contribution in [1.82, 2.24) is 0 Å². The minimum absolute atomic E-state index is 0.000209. The minimum atomic E-state index is -4.77. The summed E-state index contributed by atoms with van der Waals surface area (Å²) in [5.41, 5.74) is 9.95. The highest BCUT2D eigenvalue weighted by Gasteiger charge is 2.35. The zero-order chi connectivity index (χ0) is 21.9. The first kappa shape index (κ1) is 20.7. The van der Waals surface area contributed by atoms with E-state index in [0.29, 0.717) is 11.8 Å². The van der Waals surface area contributed by atoms with Crippen LogP contribution < -0.4 is 20.9 Å². The van der Waals surface area contributed by atoms with E-state index < -0.39 is 29.4 Å². The number of anilines is 2. The molecule has 0 bridgehead atoms. The van der Waals surface area contributed by atoms with Gasteiger partial charge in [0.2, 0.25) is 0 Å². The fourth-order valence-corrected chi connectivity index (χ4v) is 2.53. The maximum absolute atomic E-state index is 13.2. The van der Waals surface area contributed by atoms with Crippen LogP contribution in [-0.4, -0.2) is 11.9 Å². The van der Waals surface area contributed by atoms with Crippen LogP contribution in [0.15, 0.2) is 66.7 Å². The molecule has 0 saturated carbocycles. The van der Waals surface area contributed by atoms with Crippen molar-refractivity contribution in [2.24, 2.45) is 0 Å². The fraction of sp³-hybridized carbons (Fsp3) is 0.0476. The summed E-state index contributed by atoms with van der Waals surface area (Å²) in [7, 11) is 0. The van der Waals surface area contributed by atoms with Crippen molar-refractivity contribution in [3.05, 3.63) is 83.4 Å². The van der Waals surface area contributed by atoms with Crippen LogP contribution in [-0.2, 0) is 6.18 Å². The van der Waals surface area contributed by atoms with Gasteiger partial charge in [0.15, 0.2) is 0 Å². The molecule has 0 amide bonds. The van der Waals surface area contributed by atoms with Crippen molar-refractivity contribution in [2.75, 3.05) is 11.5 Å². The van der Waals surface area contributed by atoms with Crippen LogP contribution in [0.1, 0.15) is 26.3 Å².